The van der Waals surface area contributed by atoms with E-state index in [0.717, 1.165) is 24.8 Å². The van der Waals surface area contributed by atoms with Gasteiger partial charge in [0.15, 0.2) is 11.3 Å². The van der Waals surface area contributed by atoms with Crippen molar-refractivity contribution in [1.29, 1.82) is 5.26 Å². The molecule has 0 unspecified atom stereocenters. The highest BCUT2D eigenvalue weighted by Crippen LogP contribution is 2.45. The summed E-state index contributed by atoms with van der Waals surface area (Å²) in [6.07, 6.45) is 6.45. The summed E-state index contributed by atoms with van der Waals surface area (Å²) in [5, 5.41) is 14.9. The predicted octanol–water partition coefficient (Wildman–Crippen LogP) is 3.24. The van der Waals surface area contributed by atoms with E-state index in [9.17, 15) is 0 Å². The minimum atomic E-state index is -0.307. The fourth-order valence-corrected chi connectivity index (χ4v) is 2.85. The van der Waals surface area contributed by atoms with Crippen LogP contribution in [0.1, 0.15) is 24.8 Å². The molecule has 1 fully saturated rings. The molecule has 0 bridgehead atoms. The lowest BCUT2D eigenvalue weighted by Crippen LogP contribution is -2.37. The van der Waals surface area contributed by atoms with E-state index in [-0.39, 0.29) is 10.7 Å². The largest absolute Gasteiger partial charge is 0.396 e. The van der Waals surface area contributed by atoms with Crippen molar-refractivity contribution in [2.45, 2.75) is 24.8 Å². The Balaban J connectivity index is 1.90. The Hall–Kier alpha value is -2.78. The summed E-state index contributed by atoms with van der Waals surface area (Å²) < 4.78 is 0. The molecule has 0 saturated heterocycles. The van der Waals surface area contributed by atoms with Crippen molar-refractivity contribution in [1.82, 2.24) is 10.3 Å². The fraction of sp³-hybridized carbons (Fsp3) is 0.235. The Labute approximate surface area is 145 Å². The van der Waals surface area contributed by atoms with Gasteiger partial charge < -0.3 is 11.1 Å². The normalized spacial score (nSPS) is 15.9. The van der Waals surface area contributed by atoms with Crippen LogP contribution in [0.5, 0.6) is 0 Å². The van der Waals surface area contributed by atoms with Gasteiger partial charge in [-0.15, -0.1) is 0 Å². The van der Waals surface area contributed by atoms with Crippen molar-refractivity contribution in [2.24, 2.45) is 4.99 Å². The maximum absolute atomic E-state index is 9.03. The van der Waals surface area contributed by atoms with Crippen LogP contribution in [-0.4, -0.2) is 10.9 Å². The number of guanidine groups is 1. The van der Waals surface area contributed by atoms with Crippen molar-refractivity contribution in [3.05, 3.63) is 53.3 Å². The number of benzene rings is 1. The molecular weight excluding hydrogens is 324 g/mol. The number of pyridine rings is 1. The van der Waals surface area contributed by atoms with E-state index in [1.54, 1.807) is 12.3 Å². The minimum Gasteiger partial charge on any atom is -0.396 e. The maximum Gasteiger partial charge on any atom is 0.210 e. The van der Waals surface area contributed by atoms with Gasteiger partial charge in [0, 0.05) is 0 Å². The molecule has 0 amide bonds. The summed E-state index contributed by atoms with van der Waals surface area (Å²) >= 11 is 5.83. The van der Waals surface area contributed by atoms with Crippen molar-refractivity contribution < 1.29 is 0 Å². The van der Waals surface area contributed by atoms with Gasteiger partial charge >= 0.3 is 0 Å². The van der Waals surface area contributed by atoms with Gasteiger partial charge in [-0.2, -0.15) is 5.26 Å². The number of rotatable bonds is 3. The lowest BCUT2D eigenvalue weighted by atomic mass is 9.72. The Kier molecular flexibility index (Phi) is 4.54. The van der Waals surface area contributed by atoms with Gasteiger partial charge in [0.25, 0.3) is 0 Å². The average molecular weight is 341 g/mol. The Morgan fingerprint density at radius 2 is 2.08 bits per heavy atom. The van der Waals surface area contributed by atoms with Crippen LogP contribution in [0, 0.1) is 11.5 Å². The monoisotopic (exact) mass is 340 g/mol. The third-order valence-corrected chi connectivity index (χ3v) is 4.44. The van der Waals surface area contributed by atoms with E-state index in [4.69, 9.17) is 27.6 Å². The molecule has 2 aromatic rings. The second-order valence-electron chi connectivity index (χ2n) is 5.68. The molecule has 1 aliphatic carbocycles. The van der Waals surface area contributed by atoms with Crippen LogP contribution in [0.4, 0.5) is 11.4 Å². The zero-order chi connectivity index (χ0) is 17.0. The quantitative estimate of drug-likeness (QED) is 0.262. The lowest BCUT2D eigenvalue weighted by Gasteiger charge is -2.39. The van der Waals surface area contributed by atoms with Crippen molar-refractivity contribution >= 4 is 28.9 Å². The highest BCUT2D eigenvalue weighted by Gasteiger charge is 2.39. The highest BCUT2D eigenvalue weighted by atomic mass is 35.5. The minimum absolute atomic E-state index is 0.243. The van der Waals surface area contributed by atoms with E-state index in [1.807, 2.05) is 24.4 Å². The molecule has 3 rings (SSSR count). The zero-order valence-electron chi connectivity index (χ0n) is 13.0. The first-order valence-corrected chi connectivity index (χ1v) is 7.99. The SMILES string of the molecule is N#CNC(=NC1(c2ccccc2)CCC1)Nc1cnc(Cl)c(N)c1. The number of halogens is 1. The van der Waals surface area contributed by atoms with Crippen LogP contribution in [0.25, 0.3) is 0 Å². The Bertz CT molecular complexity index is 792. The molecule has 1 aliphatic rings. The summed E-state index contributed by atoms with van der Waals surface area (Å²) in [5.41, 5.74) is 7.57. The summed E-state index contributed by atoms with van der Waals surface area (Å²) in [4.78, 5) is 8.78. The fourth-order valence-electron chi connectivity index (χ4n) is 2.75. The van der Waals surface area contributed by atoms with Gasteiger partial charge in [0.1, 0.15) is 0 Å². The topological polar surface area (TPSA) is 99.1 Å². The van der Waals surface area contributed by atoms with Crippen LogP contribution in [0.2, 0.25) is 5.15 Å². The number of nitrogens with two attached hydrogens (primary N) is 1. The summed E-state index contributed by atoms with van der Waals surface area (Å²) in [6.45, 7) is 0. The molecule has 1 aromatic heterocycles. The Morgan fingerprint density at radius 3 is 2.67 bits per heavy atom. The molecule has 4 N–H and O–H groups in total. The maximum atomic E-state index is 9.03. The van der Waals surface area contributed by atoms with E-state index >= 15 is 0 Å². The average Bonchev–Trinajstić information content (AvgIpc) is 2.55. The second-order valence-corrected chi connectivity index (χ2v) is 6.04. The predicted molar refractivity (Wildman–Crippen MR) is 95.4 cm³/mol. The molecule has 122 valence electrons. The molecule has 1 saturated carbocycles. The molecule has 0 aliphatic heterocycles. The lowest BCUT2D eigenvalue weighted by molar-refractivity contribution is 0.256. The van der Waals surface area contributed by atoms with Crippen LogP contribution in [0.3, 0.4) is 0 Å². The number of hydrogen-bond donors (Lipinski definition) is 3. The van der Waals surface area contributed by atoms with E-state index < -0.39 is 0 Å². The standard InChI is InChI=1S/C17H17ClN6/c18-15-14(20)9-13(10-21-15)23-16(22-11-19)24-17(7-4-8-17)12-5-2-1-3-6-12/h1-3,5-6,9-10H,4,7-8,20H2,(H2,22,23,24). The summed E-state index contributed by atoms with van der Waals surface area (Å²) in [7, 11) is 0. The van der Waals surface area contributed by atoms with Crippen LogP contribution in [-0.2, 0) is 5.54 Å². The first-order valence-electron chi connectivity index (χ1n) is 7.61. The number of nitrogens with one attached hydrogen (secondary N) is 2. The van der Waals surface area contributed by atoms with Crippen molar-refractivity contribution in [2.75, 3.05) is 11.1 Å². The third kappa shape index (κ3) is 3.26. The van der Waals surface area contributed by atoms with Crippen LogP contribution in [0.15, 0.2) is 47.6 Å². The first-order chi connectivity index (χ1) is 11.6. The van der Waals surface area contributed by atoms with Gasteiger partial charge in [-0.3, -0.25) is 5.32 Å². The summed E-state index contributed by atoms with van der Waals surface area (Å²) in [5.74, 6) is 0.365. The van der Waals surface area contributed by atoms with Crippen LogP contribution >= 0.6 is 11.6 Å². The van der Waals surface area contributed by atoms with Gasteiger partial charge in [0.2, 0.25) is 5.96 Å². The molecule has 0 radical (unpaired) electrons. The first kappa shape index (κ1) is 16.1. The zero-order valence-corrected chi connectivity index (χ0v) is 13.7. The molecule has 7 heteroatoms. The van der Waals surface area contributed by atoms with Crippen molar-refractivity contribution in [3.8, 4) is 6.19 Å². The van der Waals surface area contributed by atoms with Crippen LogP contribution < -0.4 is 16.4 Å². The second kappa shape index (κ2) is 6.77. The third-order valence-electron chi connectivity index (χ3n) is 4.12. The van der Waals surface area contributed by atoms with Gasteiger partial charge in [-0.25, -0.2) is 9.98 Å². The number of nitrogen functional groups attached to an aromatic ring is 1. The van der Waals surface area contributed by atoms with Gasteiger partial charge in [-0.1, -0.05) is 41.9 Å². The number of aliphatic imine (C=N–C) groups is 1. The van der Waals surface area contributed by atoms with Gasteiger partial charge in [-0.05, 0) is 30.9 Å². The molecule has 1 heterocycles. The number of hydrogen-bond acceptors (Lipinski definition) is 4. The molecule has 6 nitrogen and oxygen atoms in total. The molecule has 1 aromatic carbocycles. The summed E-state index contributed by atoms with van der Waals surface area (Å²) in [6, 6.07) is 11.8. The molecular formula is C17H17ClN6. The number of nitriles is 1. The van der Waals surface area contributed by atoms with Crippen molar-refractivity contribution in [3.63, 3.8) is 0 Å². The number of aromatic nitrogens is 1. The Morgan fingerprint density at radius 1 is 1.33 bits per heavy atom. The highest BCUT2D eigenvalue weighted by molar-refractivity contribution is 6.31. The van der Waals surface area contributed by atoms with Gasteiger partial charge in [0.05, 0.1) is 23.1 Å². The molecule has 0 spiro atoms. The smallest absolute Gasteiger partial charge is 0.210 e. The molecule has 24 heavy (non-hydrogen) atoms. The van der Waals surface area contributed by atoms with E-state index in [1.165, 1.54) is 0 Å². The number of nitrogens with zero attached hydrogens (tertiary/aromatic N) is 3. The number of anilines is 2. The van der Waals surface area contributed by atoms with E-state index in [2.05, 4.69) is 27.8 Å². The van der Waals surface area contributed by atoms with E-state index in [0.29, 0.717) is 17.3 Å². The molecule has 0 atom stereocenters.